The van der Waals surface area contributed by atoms with E-state index in [1.54, 1.807) is 26.8 Å². The number of benzene rings is 3. The van der Waals surface area contributed by atoms with E-state index in [2.05, 4.69) is 20.4 Å². The molecule has 4 rings (SSSR count). The van der Waals surface area contributed by atoms with Crippen molar-refractivity contribution in [3.05, 3.63) is 72.3 Å². The molecule has 4 aromatic rings. The Hall–Kier alpha value is -4.99. The number of aromatic amines is 1. The summed E-state index contributed by atoms with van der Waals surface area (Å²) in [5.74, 6) is -3.84. The average molecular weight is 636 g/mol. The summed E-state index contributed by atoms with van der Waals surface area (Å²) in [7, 11) is -5.16. The molecule has 0 fully saturated rings. The third-order valence-electron chi connectivity index (χ3n) is 5.95. The van der Waals surface area contributed by atoms with Crippen LogP contribution in [0.4, 0.5) is 24.7 Å². The maximum atomic E-state index is 14.1. The maximum absolute atomic E-state index is 14.1. The molecule has 0 spiro atoms. The first-order chi connectivity index (χ1) is 20.7. The van der Waals surface area contributed by atoms with Crippen LogP contribution in [0.2, 0.25) is 0 Å². The second kappa shape index (κ2) is 12.7. The van der Waals surface area contributed by atoms with Crippen LogP contribution in [0.15, 0.2) is 71.6 Å². The standard InChI is InChI=1S/C28H28F3N5O7S/c1-4-41-23-14-17(10-13-22(23)42-16(2)3)24(33-18-11-12-20-21(15-18)34-35-25(20)32)26(37)36(43-27(38)28(29,30)31)44(39,40)19-8-6-5-7-9-19/h5-16,24,33H,4H2,1-3H3,(H3,32,34,35). The lowest BCUT2D eigenvalue weighted by molar-refractivity contribution is -0.223. The van der Waals surface area contributed by atoms with Crippen LogP contribution in [0.1, 0.15) is 32.4 Å². The van der Waals surface area contributed by atoms with Crippen LogP contribution >= 0.6 is 0 Å². The monoisotopic (exact) mass is 635 g/mol. The lowest BCUT2D eigenvalue weighted by Crippen LogP contribution is -2.45. The number of halogens is 3. The van der Waals surface area contributed by atoms with E-state index in [1.807, 2.05) is 0 Å². The third-order valence-corrected chi connectivity index (χ3v) is 7.51. The summed E-state index contributed by atoms with van der Waals surface area (Å²) in [6.07, 6.45) is -5.89. The molecule has 234 valence electrons. The van der Waals surface area contributed by atoms with E-state index in [0.29, 0.717) is 16.7 Å². The van der Waals surface area contributed by atoms with Gasteiger partial charge in [0.1, 0.15) is 6.04 Å². The van der Waals surface area contributed by atoms with E-state index < -0.39 is 43.5 Å². The minimum atomic E-state index is -5.63. The highest BCUT2D eigenvalue weighted by Crippen LogP contribution is 2.35. The molecule has 1 unspecified atom stereocenters. The summed E-state index contributed by atoms with van der Waals surface area (Å²) < 4.78 is 77.8. The Bertz CT molecular complexity index is 1760. The van der Waals surface area contributed by atoms with Gasteiger partial charge in [-0.1, -0.05) is 28.7 Å². The highest BCUT2D eigenvalue weighted by molar-refractivity contribution is 7.89. The van der Waals surface area contributed by atoms with E-state index in [0.717, 1.165) is 12.1 Å². The molecule has 1 aromatic heterocycles. The number of nitrogens with two attached hydrogens (primary N) is 1. The Labute approximate surface area is 249 Å². The van der Waals surface area contributed by atoms with Gasteiger partial charge >= 0.3 is 12.1 Å². The number of hydrogen-bond acceptors (Lipinski definition) is 10. The number of nitrogens with one attached hydrogen (secondary N) is 2. The molecular formula is C28H28F3N5O7S. The number of sulfonamides is 1. The molecule has 0 saturated carbocycles. The third kappa shape index (κ3) is 6.96. The molecule has 12 nitrogen and oxygen atoms in total. The van der Waals surface area contributed by atoms with Crippen molar-refractivity contribution in [2.75, 3.05) is 17.7 Å². The summed E-state index contributed by atoms with van der Waals surface area (Å²) >= 11 is 0. The molecule has 3 aromatic carbocycles. The highest BCUT2D eigenvalue weighted by atomic mass is 32.2. The number of fused-ring (bicyclic) bond motifs is 1. The number of alkyl halides is 3. The van der Waals surface area contributed by atoms with Gasteiger partial charge in [0, 0.05) is 11.1 Å². The number of hydrogen-bond donors (Lipinski definition) is 3. The van der Waals surface area contributed by atoms with Crippen molar-refractivity contribution in [2.45, 2.75) is 44.0 Å². The van der Waals surface area contributed by atoms with Crippen molar-refractivity contribution in [3.8, 4) is 11.5 Å². The molecule has 0 aliphatic carbocycles. The number of amides is 1. The van der Waals surface area contributed by atoms with Gasteiger partial charge in [-0.05, 0) is 68.8 Å². The molecule has 0 saturated heterocycles. The van der Waals surface area contributed by atoms with E-state index in [4.69, 9.17) is 15.2 Å². The molecule has 16 heteroatoms. The van der Waals surface area contributed by atoms with Crippen molar-refractivity contribution in [3.63, 3.8) is 0 Å². The van der Waals surface area contributed by atoms with Gasteiger partial charge in [-0.3, -0.25) is 9.89 Å². The topological polar surface area (TPSA) is 166 Å². The van der Waals surface area contributed by atoms with Crippen LogP contribution < -0.4 is 20.5 Å². The molecule has 1 atom stereocenters. The molecule has 0 radical (unpaired) electrons. The van der Waals surface area contributed by atoms with Crippen molar-refractivity contribution in [1.29, 1.82) is 0 Å². The molecule has 0 bridgehead atoms. The smallest absolute Gasteiger partial charge is 0.490 e. The number of rotatable bonds is 10. The predicted molar refractivity (Wildman–Crippen MR) is 153 cm³/mol. The number of carbonyl (C=O) groups excluding carboxylic acids is 2. The zero-order valence-electron chi connectivity index (χ0n) is 23.6. The van der Waals surface area contributed by atoms with Crippen LogP contribution in [0, 0.1) is 0 Å². The quantitative estimate of drug-likeness (QED) is 0.208. The number of anilines is 2. The van der Waals surface area contributed by atoms with Crippen molar-refractivity contribution >= 4 is 44.3 Å². The van der Waals surface area contributed by atoms with Crippen LogP contribution in [0.3, 0.4) is 0 Å². The Morgan fingerprint density at radius 3 is 2.39 bits per heavy atom. The van der Waals surface area contributed by atoms with Gasteiger partial charge < -0.3 is 25.4 Å². The van der Waals surface area contributed by atoms with Crippen LogP contribution in [0.25, 0.3) is 10.9 Å². The van der Waals surface area contributed by atoms with Gasteiger partial charge in [-0.25, -0.2) is 4.79 Å². The summed E-state index contributed by atoms with van der Waals surface area (Å²) in [5.41, 5.74) is 6.51. The Morgan fingerprint density at radius 1 is 1.05 bits per heavy atom. The van der Waals surface area contributed by atoms with Gasteiger partial charge in [0.25, 0.3) is 15.9 Å². The number of nitrogens with zero attached hydrogens (tertiary/aromatic N) is 2. The zero-order valence-corrected chi connectivity index (χ0v) is 24.4. The number of hydroxylamine groups is 1. The number of H-pyrrole nitrogens is 1. The van der Waals surface area contributed by atoms with E-state index in [1.165, 1.54) is 48.5 Å². The Morgan fingerprint density at radius 2 is 1.75 bits per heavy atom. The molecular weight excluding hydrogens is 607 g/mol. The Kier molecular flexibility index (Phi) is 9.22. The first-order valence-electron chi connectivity index (χ1n) is 13.1. The highest BCUT2D eigenvalue weighted by Gasteiger charge is 2.47. The van der Waals surface area contributed by atoms with Crippen molar-refractivity contribution in [2.24, 2.45) is 0 Å². The molecule has 0 aliphatic rings. The molecule has 1 amide bonds. The van der Waals surface area contributed by atoms with E-state index in [-0.39, 0.29) is 35.5 Å². The van der Waals surface area contributed by atoms with Gasteiger partial charge in [-0.15, -0.1) is 0 Å². The minimum Gasteiger partial charge on any atom is -0.490 e. The van der Waals surface area contributed by atoms with Crippen LogP contribution in [0.5, 0.6) is 11.5 Å². The molecule has 1 heterocycles. The SMILES string of the molecule is CCOc1cc(C(Nc2ccc3c(N)n[nH]c3c2)C(=O)N(OC(=O)C(F)(F)F)S(=O)(=O)c2ccccc2)ccc1OC(C)C. The Balaban J connectivity index is 1.87. The second-order valence-electron chi connectivity index (χ2n) is 9.51. The lowest BCUT2D eigenvalue weighted by atomic mass is 10.0. The number of aromatic nitrogens is 2. The van der Waals surface area contributed by atoms with Gasteiger partial charge in [-0.2, -0.15) is 26.7 Å². The van der Waals surface area contributed by atoms with Crippen LogP contribution in [-0.4, -0.2) is 53.8 Å². The minimum absolute atomic E-state index is 0.0371. The fourth-order valence-electron chi connectivity index (χ4n) is 4.04. The maximum Gasteiger partial charge on any atom is 0.493 e. The van der Waals surface area contributed by atoms with Crippen molar-refractivity contribution < 1.29 is 45.5 Å². The normalized spacial score (nSPS) is 12.5. The van der Waals surface area contributed by atoms with Gasteiger partial charge in [0.15, 0.2) is 17.3 Å². The fraction of sp³-hybridized carbons (Fsp3) is 0.250. The van der Waals surface area contributed by atoms with Gasteiger partial charge in [0.05, 0.1) is 23.1 Å². The van der Waals surface area contributed by atoms with Crippen molar-refractivity contribution in [1.82, 2.24) is 14.7 Å². The predicted octanol–water partition coefficient (Wildman–Crippen LogP) is 4.72. The number of carbonyl (C=O) groups is 2. The summed E-state index contributed by atoms with van der Waals surface area (Å²) in [5, 5.41) is 9.97. The first kappa shape index (κ1) is 31.9. The van der Waals surface area contributed by atoms with Gasteiger partial charge in [0.2, 0.25) is 0 Å². The van der Waals surface area contributed by atoms with E-state index in [9.17, 15) is 31.2 Å². The summed E-state index contributed by atoms with van der Waals surface area (Å²) in [4.78, 5) is 29.6. The molecule has 0 aliphatic heterocycles. The van der Waals surface area contributed by atoms with E-state index >= 15 is 0 Å². The number of nitrogen functional groups attached to an aromatic ring is 1. The number of ether oxygens (including phenoxy) is 2. The second-order valence-corrected chi connectivity index (χ2v) is 11.3. The summed E-state index contributed by atoms with van der Waals surface area (Å²) in [6, 6.07) is 13.1. The molecule has 44 heavy (non-hydrogen) atoms. The largest absolute Gasteiger partial charge is 0.493 e. The lowest BCUT2D eigenvalue weighted by Gasteiger charge is -2.27. The first-order valence-corrected chi connectivity index (χ1v) is 14.5. The zero-order chi connectivity index (χ0) is 32.2. The fourth-order valence-corrected chi connectivity index (χ4v) is 5.24. The summed E-state index contributed by atoms with van der Waals surface area (Å²) in [6.45, 7) is 5.43. The van der Waals surface area contributed by atoms with Crippen LogP contribution in [-0.2, 0) is 24.4 Å². The molecule has 4 N–H and O–H groups in total. The average Bonchev–Trinajstić information content (AvgIpc) is 3.34.